The Morgan fingerprint density at radius 2 is 2.15 bits per heavy atom. The first-order valence-electron chi connectivity index (χ1n) is 8.86. The third-order valence-electron chi connectivity index (χ3n) is 3.63. The summed E-state index contributed by atoms with van der Waals surface area (Å²) in [5.74, 6) is 1.46. The molecule has 0 aromatic carbocycles. The van der Waals surface area contributed by atoms with Crippen molar-refractivity contribution in [3.8, 4) is 0 Å². The van der Waals surface area contributed by atoms with Crippen LogP contribution in [0.5, 0.6) is 0 Å². The van der Waals surface area contributed by atoms with Gasteiger partial charge in [-0.2, -0.15) is 0 Å². The number of aliphatic imine (C=N–C) groups is 1. The summed E-state index contributed by atoms with van der Waals surface area (Å²) in [7, 11) is -3.51. The second-order valence-electron chi connectivity index (χ2n) is 6.02. The molecule has 0 aliphatic heterocycles. The zero-order chi connectivity index (χ0) is 18.8. The second-order valence-corrected chi connectivity index (χ2v) is 9.72. The van der Waals surface area contributed by atoms with E-state index in [-0.39, 0.29) is 10.8 Å². The van der Waals surface area contributed by atoms with E-state index in [9.17, 15) is 8.42 Å². The second kappa shape index (κ2) is 11.1. The highest BCUT2D eigenvalue weighted by atomic mass is 35.5. The van der Waals surface area contributed by atoms with Crippen LogP contribution in [-0.4, -0.2) is 53.8 Å². The van der Waals surface area contributed by atoms with Crippen LogP contribution < -0.4 is 15.4 Å². The van der Waals surface area contributed by atoms with Gasteiger partial charge in [-0.15, -0.1) is 11.3 Å². The fourth-order valence-electron chi connectivity index (χ4n) is 2.11. The third-order valence-corrected chi connectivity index (χ3v) is 6.82. The van der Waals surface area contributed by atoms with E-state index in [0.29, 0.717) is 23.4 Å². The third kappa shape index (κ3) is 8.22. The maximum atomic E-state index is 12.1. The summed E-state index contributed by atoms with van der Waals surface area (Å²) in [6, 6.07) is 3.07. The molecule has 26 heavy (non-hydrogen) atoms. The van der Waals surface area contributed by atoms with Gasteiger partial charge >= 0.3 is 0 Å². The van der Waals surface area contributed by atoms with Crippen molar-refractivity contribution in [2.75, 3.05) is 39.4 Å². The van der Waals surface area contributed by atoms with E-state index >= 15 is 0 Å². The number of sulfonamides is 1. The van der Waals surface area contributed by atoms with E-state index < -0.39 is 10.0 Å². The molecule has 1 aromatic heterocycles. The lowest BCUT2D eigenvalue weighted by Gasteiger charge is -2.11. The molecule has 0 unspecified atom stereocenters. The molecule has 7 nitrogen and oxygen atoms in total. The number of nitrogens with one attached hydrogen (secondary N) is 3. The SMILES string of the molecule is CCNC(=NCCCOCC1CC1)NCCNS(=O)(=O)c1ccc(Cl)s1. The van der Waals surface area contributed by atoms with Crippen molar-refractivity contribution in [3.05, 3.63) is 16.5 Å². The normalized spacial score (nSPS) is 15.2. The molecule has 0 bridgehead atoms. The van der Waals surface area contributed by atoms with Gasteiger partial charge in [0.2, 0.25) is 10.0 Å². The molecule has 0 spiro atoms. The van der Waals surface area contributed by atoms with Crippen LogP contribution in [0.1, 0.15) is 26.2 Å². The van der Waals surface area contributed by atoms with Crippen LogP contribution >= 0.6 is 22.9 Å². The molecule has 1 aliphatic rings. The minimum Gasteiger partial charge on any atom is -0.381 e. The molecule has 0 saturated heterocycles. The van der Waals surface area contributed by atoms with E-state index in [0.717, 1.165) is 43.4 Å². The van der Waals surface area contributed by atoms with Gasteiger partial charge in [-0.3, -0.25) is 4.99 Å². The van der Waals surface area contributed by atoms with Crippen LogP contribution in [0.3, 0.4) is 0 Å². The minimum atomic E-state index is -3.51. The van der Waals surface area contributed by atoms with Crippen molar-refractivity contribution in [2.24, 2.45) is 10.9 Å². The summed E-state index contributed by atoms with van der Waals surface area (Å²) < 4.78 is 33.0. The van der Waals surface area contributed by atoms with Gasteiger partial charge in [0.15, 0.2) is 5.96 Å². The van der Waals surface area contributed by atoms with Gasteiger partial charge in [0.1, 0.15) is 4.21 Å². The highest BCUT2D eigenvalue weighted by Gasteiger charge is 2.20. The van der Waals surface area contributed by atoms with Crippen LogP contribution in [0.15, 0.2) is 21.3 Å². The summed E-state index contributed by atoms with van der Waals surface area (Å²) in [5.41, 5.74) is 0. The molecule has 10 heteroatoms. The number of nitrogens with zero attached hydrogens (tertiary/aromatic N) is 1. The van der Waals surface area contributed by atoms with Gasteiger partial charge in [0, 0.05) is 39.4 Å². The first-order chi connectivity index (χ1) is 12.5. The van der Waals surface area contributed by atoms with E-state index in [2.05, 4.69) is 20.3 Å². The molecular weight excluding hydrogens is 396 g/mol. The van der Waals surface area contributed by atoms with Crippen LogP contribution in [-0.2, 0) is 14.8 Å². The molecule has 1 fully saturated rings. The summed E-state index contributed by atoms with van der Waals surface area (Å²) in [6.07, 6.45) is 3.47. The standard InChI is InChI=1S/C16H27ClN4O3S2/c1-2-18-16(19-8-3-11-24-12-13-4-5-13)20-9-10-21-26(22,23)15-7-6-14(17)25-15/h6-7,13,21H,2-5,8-12H2,1H3,(H2,18,19,20). The smallest absolute Gasteiger partial charge is 0.250 e. The zero-order valence-corrected chi connectivity index (χ0v) is 17.4. The van der Waals surface area contributed by atoms with Crippen molar-refractivity contribution >= 4 is 38.9 Å². The number of halogens is 1. The molecule has 0 atom stereocenters. The van der Waals surface area contributed by atoms with E-state index in [4.69, 9.17) is 16.3 Å². The molecule has 1 aromatic rings. The molecular formula is C16H27ClN4O3S2. The average molecular weight is 423 g/mol. The van der Waals surface area contributed by atoms with Crippen LogP contribution in [0.25, 0.3) is 0 Å². The lowest BCUT2D eigenvalue weighted by atomic mass is 10.4. The van der Waals surface area contributed by atoms with Gasteiger partial charge in [-0.05, 0) is 44.2 Å². The van der Waals surface area contributed by atoms with E-state index in [1.54, 1.807) is 6.07 Å². The summed E-state index contributed by atoms with van der Waals surface area (Å²) in [6.45, 7) is 5.68. The van der Waals surface area contributed by atoms with Gasteiger partial charge in [-0.1, -0.05) is 11.6 Å². The molecule has 1 saturated carbocycles. The van der Waals surface area contributed by atoms with Crippen LogP contribution in [0, 0.1) is 5.92 Å². The lowest BCUT2D eigenvalue weighted by Crippen LogP contribution is -2.41. The van der Waals surface area contributed by atoms with Gasteiger partial charge in [-0.25, -0.2) is 13.1 Å². The van der Waals surface area contributed by atoms with Crippen LogP contribution in [0.4, 0.5) is 0 Å². The Kier molecular flexibility index (Phi) is 9.13. The zero-order valence-electron chi connectivity index (χ0n) is 15.0. The quantitative estimate of drug-likeness (QED) is 0.272. The summed E-state index contributed by atoms with van der Waals surface area (Å²) >= 11 is 6.82. The first kappa shape index (κ1) is 21.4. The topological polar surface area (TPSA) is 91.8 Å². The Balaban J connectivity index is 1.64. The number of hydrogen-bond donors (Lipinski definition) is 3. The maximum absolute atomic E-state index is 12.1. The van der Waals surface area contributed by atoms with Crippen molar-refractivity contribution in [1.29, 1.82) is 0 Å². The molecule has 0 radical (unpaired) electrons. The van der Waals surface area contributed by atoms with Crippen LogP contribution in [0.2, 0.25) is 4.34 Å². The highest BCUT2D eigenvalue weighted by molar-refractivity contribution is 7.91. The Hall–Kier alpha value is -0.870. The summed E-state index contributed by atoms with van der Waals surface area (Å²) in [5, 5.41) is 6.26. The molecule has 3 N–H and O–H groups in total. The van der Waals surface area contributed by atoms with Gasteiger partial charge < -0.3 is 15.4 Å². The Labute approximate surface area is 164 Å². The largest absolute Gasteiger partial charge is 0.381 e. The Bertz CT molecular complexity index is 675. The maximum Gasteiger partial charge on any atom is 0.250 e. The average Bonchev–Trinajstić information content (AvgIpc) is 3.32. The summed E-state index contributed by atoms with van der Waals surface area (Å²) in [4.78, 5) is 4.46. The number of hydrogen-bond acceptors (Lipinski definition) is 5. The van der Waals surface area contributed by atoms with Crippen molar-refractivity contribution < 1.29 is 13.2 Å². The highest BCUT2D eigenvalue weighted by Crippen LogP contribution is 2.28. The predicted molar refractivity (Wildman–Crippen MR) is 107 cm³/mol. The minimum absolute atomic E-state index is 0.217. The lowest BCUT2D eigenvalue weighted by molar-refractivity contribution is 0.123. The number of thiophene rings is 1. The van der Waals surface area contributed by atoms with Gasteiger partial charge in [0.25, 0.3) is 0 Å². The number of rotatable bonds is 12. The van der Waals surface area contributed by atoms with Crippen molar-refractivity contribution in [3.63, 3.8) is 0 Å². The molecule has 1 aliphatic carbocycles. The van der Waals surface area contributed by atoms with Gasteiger partial charge in [0.05, 0.1) is 4.34 Å². The monoisotopic (exact) mass is 422 g/mol. The molecule has 0 amide bonds. The fraction of sp³-hybridized carbons (Fsp3) is 0.688. The number of guanidine groups is 1. The predicted octanol–water partition coefficient (Wildman–Crippen LogP) is 2.05. The Morgan fingerprint density at radius 1 is 1.35 bits per heavy atom. The molecule has 1 heterocycles. The first-order valence-corrected chi connectivity index (χ1v) is 11.5. The fourth-order valence-corrected chi connectivity index (χ4v) is 4.67. The van der Waals surface area contributed by atoms with Crippen molar-refractivity contribution in [2.45, 2.75) is 30.4 Å². The molecule has 148 valence electrons. The Morgan fingerprint density at radius 3 is 2.81 bits per heavy atom. The van der Waals surface area contributed by atoms with E-state index in [1.807, 2.05) is 6.92 Å². The number of ether oxygens (including phenoxy) is 1. The van der Waals surface area contributed by atoms with E-state index in [1.165, 1.54) is 18.9 Å². The molecule has 2 rings (SSSR count). The van der Waals surface area contributed by atoms with Crippen molar-refractivity contribution in [1.82, 2.24) is 15.4 Å².